The van der Waals surface area contributed by atoms with Gasteiger partial charge in [0.15, 0.2) is 6.73 Å². The molecule has 2 aromatic carbocycles. The minimum absolute atomic E-state index is 0.0403. The maximum absolute atomic E-state index is 11.9. The normalized spacial score (nSPS) is 15.6. The number of phenolic OH excluding ortho intramolecular Hbond substituents is 1. The van der Waals surface area contributed by atoms with E-state index in [2.05, 4.69) is 22.3 Å². The van der Waals surface area contributed by atoms with E-state index < -0.39 is 21.5 Å². The fourth-order valence-electron chi connectivity index (χ4n) is 3.39. The number of hydrogen-bond acceptors (Lipinski definition) is 8. The van der Waals surface area contributed by atoms with Crippen molar-refractivity contribution in [3.63, 3.8) is 0 Å². The van der Waals surface area contributed by atoms with Crippen LogP contribution in [0.5, 0.6) is 11.5 Å². The molecule has 2 atom stereocenters. The second kappa shape index (κ2) is 11.6. The van der Waals surface area contributed by atoms with E-state index in [9.17, 15) is 23.2 Å². The number of aliphatic hydroxyl groups is 1. The van der Waals surface area contributed by atoms with Gasteiger partial charge in [0, 0.05) is 18.0 Å². The number of hydrogen-bond donors (Lipinski definition) is 5. The summed E-state index contributed by atoms with van der Waals surface area (Å²) in [5, 5.41) is 21.3. The van der Waals surface area contributed by atoms with Crippen LogP contribution in [-0.2, 0) is 23.0 Å². The molecule has 0 fully saturated rings. The molecule has 2 aromatic rings. The van der Waals surface area contributed by atoms with Gasteiger partial charge < -0.3 is 26.0 Å². The van der Waals surface area contributed by atoms with Crippen molar-refractivity contribution >= 4 is 16.1 Å². The van der Waals surface area contributed by atoms with Gasteiger partial charge in [-0.15, -0.1) is 0 Å². The number of ether oxygens (including phenoxy) is 1. The zero-order valence-corrected chi connectivity index (χ0v) is 19.2. The minimum atomic E-state index is -4.29. The standard InChI is InChI=1S/C24H27N3O6S/c25-24-26-14-2-3-19-15-17(7-13-23(19)33-16-27-24)6-12-21(34(30,31)32)4-1-5-22(29)18-8-10-20(28)11-9-18/h1,5,7-11,13,15,21-22,28-29H,3-4,6,12,16H2,(H3,25,26,27)(H,30,31,32). The van der Waals surface area contributed by atoms with Crippen LogP contribution in [0.4, 0.5) is 0 Å². The summed E-state index contributed by atoms with van der Waals surface area (Å²) >= 11 is 0. The molecular formula is C24H27N3O6S. The highest BCUT2D eigenvalue weighted by molar-refractivity contribution is 7.86. The van der Waals surface area contributed by atoms with Crippen LogP contribution in [-0.4, -0.2) is 41.1 Å². The van der Waals surface area contributed by atoms with Crippen LogP contribution >= 0.6 is 0 Å². The van der Waals surface area contributed by atoms with Gasteiger partial charge in [0.05, 0.1) is 11.4 Å². The van der Waals surface area contributed by atoms with Gasteiger partial charge in [-0.05, 0) is 48.6 Å². The van der Waals surface area contributed by atoms with Crippen LogP contribution in [0.1, 0.15) is 35.6 Å². The Kier molecular flexibility index (Phi) is 8.54. The molecule has 10 heteroatoms. The number of aliphatic imine (C=N–C) groups is 1. The van der Waals surface area contributed by atoms with Crippen LogP contribution < -0.4 is 15.8 Å². The summed E-state index contributed by atoms with van der Waals surface area (Å²) in [4.78, 5) is 3.84. The number of phenols is 1. The minimum Gasteiger partial charge on any atom is -0.508 e. The van der Waals surface area contributed by atoms with Crippen LogP contribution in [0.15, 0.2) is 59.6 Å². The van der Waals surface area contributed by atoms with E-state index in [1.807, 2.05) is 12.1 Å². The molecule has 0 radical (unpaired) electrons. The summed E-state index contributed by atoms with van der Waals surface area (Å²) in [6, 6.07) is 14.2. The Bertz CT molecular complexity index is 1210. The maximum atomic E-state index is 11.9. The lowest BCUT2D eigenvalue weighted by atomic mass is 10.0. The Labute approximate surface area is 198 Å². The maximum Gasteiger partial charge on any atom is 0.268 e. The summed E-state index contributed by atoms with van der Waals surface area (Å²) < 4.78 is 39.2. The highest BCUT2D eigenvalue weighted by atomic mass is 32.2. The van der Waals surface area contributed by atoms with E-state index in [1.54, 1.807) is 18.2 Å². The van der Waals surface area contributed by atoms with Crippen molar-refractivity contribution < 1.29 is 27.9 Å². The fraction of sp³-hybridized carbons (Fsp3) is 0.292. The largest absolute Gasteiger partial charge is 0.508 e. The lowest BCUT2D eigenvalue weighted by Crippen LogP contribution is -2.34. The first-order valence-electron chi connectivity index (χ1n) is 10.6. The zero-order valence-electron chi connectivity index (χ0n) is 18.4. The summed E-state index contributed by atoms with van der Waals surface area (Å²) in [6.45, 7) is 0.135. The molecule has 0 saturated heterocycles. The number of benzene rings is 2. The number of aromatic hydroxyl groups is 1. The number of guanidine groups is 1. The lowest BCUT2D eigenvalue weighted by molar-refractivity contribution is 0.228. The first-order chi connectivity index (χ1) is 16.2. The van der Waals surface area contributed by atoms with Crippen LogP contribution in [0.25, 0.3) is 0 Å². The molecule has 180 valence electrons. The monoisotopic (exact) mass is 485 g/mol. The number of fused-ring (bicyclic) bond motifs is 1. The molecule has 2 unspecified atom stereocenters. The predicted octanol–water partition coefficient (Wildman–Crippen LogP) is 2.02. The fourth-order valence-corrected chi connectivity index (χ4v) is 4.16. The summed E-state index contributed by atoms with van der Waals surface area (Å²) in [5.74, 6) is 3.79. The van der Waals surface area contributed by atoms with Crippen LogP contribution in [0, 0.1) is 12.0 Å². The van der Waals surface area contributed by atoms with Crippen molar-refractivity contribution in [2.75, 3.05) is 6.73 Å². The molecule has 0 amide bonds. The third-order valence-corrected chi connectivity index (χ3v) is 6.54. The van der Waals surface area contributed by atoms with E-state index in [0.717, 1.165) is 11.1 Å². The number of nitrogens with zero attached hydrogens (tertiary/aromatic N) is 1. The number of nitrogens with one attached hydrogen (secondary N) is 1. The highest BCUT2D eigenvalue weighted by Gasteiger charge is 2.22. The van der Waals surface area contributed by atoms with Gasteiger partial charge in [0.2, 0.25) is 5.96 Å². The van der Waals surface area contributed by atoms with Crippen molar-refractivity contribution in [2.45, 2.75) is 37.0 Å². The van der Waals surface area contributed by atoms with E-state index in [4.69, 9.17) is 10.5 Å². The van der Waals surface area contributed by atoms with Crippen molar-refractivity contribution in [3.8, 4) is 23.5 Å². The van der Waals surface area contributed by atoms with E-state index in [-0.39, 0.29) is 31.3 Å². The third kappa shape index (κ3) is 7.52. The molecule has 1 aliphatic rings. The summed E-state index contributed by atoms with van der Waals surface area (Å²) in [6.07, 6.45) is 3.06. The Balaban J connectivity index is 1.65. The molecule has 1 aliphatic heterocycles. The Hall–Kier alpha value is -3.52. The first-order valence-corrected chi connectivity index (χ1v) is 12.1. The van der Waals surface area contributed by atoms with Gasteiger partial charge in [-0.3, -0.25) is 4.55 Å². The molecule has 3 rings (SSSR count). The molecule has 6 N–H and O–H groups in total. The van der Waals surface area contributed by atoms with E-state index in [1.165, 1.54) is 24.3 Å². The quantitative estimate of drug-likeness (QED) is 0.216. The van der Waals surface area contributed by atoms with Gasteiger partial charge in [-0.1, -0.05) is 42.3 Å². The Morgan fingerprint density at radius 1 is 1.24 bits per heavy atom. The van der Waals surface area contributed by atoms with Gasteiger partial charge in [0.25, 0.3) is 10.1 Å². The van der Waals surface area contributed by atoms with E-state index >= 15 is 0 Å². The van der Waals surface area contributed by atoms with Gasteiger partial charge in [0.1, 0.15) is 11.5 Å². The molecule has 9 nitrogen and oxygen atoms in total. The van der Waals surface area contributed by atoms with Crippen molar-refractivity contribution in [1.29, 1.82) is 0 Å². The molecule has 1 heterocycles. The van der Waals surface area contributed by atoms with Gasteiger partial charge in [-0.2, -0.15) is 13.4 Å². The third-order valence-electron chi connectivity index (χ3n) is 5.27. The SMILES string of the molecule is NC1=NC#CCc2cc(CCC(CC=CC(O)c3ccc(O)cc3)S(=O)(=O)O)ccc2OCN1. The number of allylic oxidation sites excluding steroid dienone is 1. The molecule has 0 saturated carbocycles. The molecule has 0 aromatic heterocycles. The average Bonchev–Trinajstić information content (AvgIpc) is 2.79. The predicted molar refractivity (Wildman–Crippen MR) is 129 cm³/mol. The van der Waals surface area contributed by atoms with Crippen molar-refractivity contribution in [3.05, 3.63) is 71.3 Å². The highest BCUT2D eigenvalue weighted by Crippen LogP contribution is 2.24. The summed E-state index contributed by atoms with van der Waals surface area (Å²) in [5.41, 5.74) is 7.88. The first kappa shape index (κ1) is 25.1. The summed E-state index contributed by atoms with van der Waals surface area (Å²) in [7, 11) is -4.29. The number of aliphatic hydroxyl groups excluding tert-OH is 1. The average molecular weight is 486 g/mol. The zero-order chi connectivity index (χ0) is 24.6. The molecular weight excluding hydrogens is 458 g/mol. The van der Waals surface area contributed by atoms with Crippen molar-refractivity contribution in [2.24, 2.45) is 10.7 Å². The topological polar surface area (TPSA) is 154 Å². The van der Waals surface area contributed by atoms with E-state index in [0.29, 0.717) is 24.2 Å². The Morgan fingerprint density at radius 3 is 2.74 bits per heavy atom. The lowest BCUT2D eigenvalue weighted by Gasteiger charge is -2.15. The second-order valence-electron chi connectivity index (χ2n) is 7.75. The Morgan fingerprint density at radius 2 is 2.00 bits per heavy atom. The number of aryl methyl sites for hydroxylation is 1. The van der Waals surface area contributed by atoms with Gasteiger partial charge >= 0.3 is 0 Å². The van der Waals surface area contributed by atoms with Gasteiger partial charge in [-0.25, -0.2) is 0 Å². The number of rotatable bonds is 8. The second-order valence-corrected chi connectivity index (χ2v) is 9.44. The van der Waals surface area contributed by atoms with Crippen LogP contribution in [0.3, 0.4) is 0 Å². The number of nitrogens with two attached hydrogens (primary N) is 1. The molecule has 0 aliphatic carbocycles. The molecule has 0 bridgehead atoms. The van der Waals surface area contributed by atoms with Crippen molar-refractivity contribution in [1.82, 2.24) is 5.32 Å². The molecule has 34 heavy (non-hydrogen) atoms. The molecule has 0 spiro atoms. The van der Waals surface area contributed by atoms with Crippen LogP contribution in [0.2, 0.25) is 0 Å². The smallest absolute Gasteiger partial charge is 0.268 e.